The van der Waals surface area contributed by atoms with Crippen LogP contribution in [0.5, 0.6) is 0 Å². The molecule has 0 bridgehead atoms. The number of hydrogen-bond acceptors (Lipinski definition) is 6. The molecule has 0 saturated carbocycles. The smallest absolute Gasteiger partial charge is 0.274 e. The monoisotopic (exact) mass is 362 g/mol. The number of rotatable bonds is 5. The van der Waals surface area contributed by atoms with Gasteiger partial charge >= 0.3 is 0 Å². The van der Waals surface area contributed by atoms with E-state index in [4.69, 9.17) is 4.84 Å². The first-order valence-electron chi connectivity index (χ1n) is 6.79. The summed E-state index contributed by atoms with van der Waals surface area (Å²) in [4.78, 5) is 16.6. The van der Waals surface area contributed by atoms with E-state index in [0.717, 1.165) is 5.06 Å². The number of hydroxylamine groups is 2. The van der Waals surface area contributed by atoms with Gasteiger partial charge in [-0.05, 0) is 30.7 Å². The fourth-order valence-electron chi connectivity index (χ4n) is 2.22. The maximum Gasteiger partial charge on any atom is 0.277 e. The lowest BCUT2D eigenvalue weighted by atomic mass is 10.2. The Balaban J connectivity index is 2.13. The van der Waals surface area contributed by atoms with Gasteiger partial charge in [0.05, 0.1) is 23.5 Å². The summed E-state index contributed by atoms with van der Waals surface area (Å²) in [5, 5.41) is 1.02. The Labute approximate surface area is 135 Å². The lowest BCUT2D eigenvalue weighted by molar-refractivity contribution is -0.0757. The summed E-state index contributed by atoms with van der Waals surface area (Å²) in [6.45, 7) is 0. The molecule has 10 heteroatoms. The molecule has 1 heterocycles. The van der Waals surface area contributed by atoms with Crippen LogP contribution in [0.25, 0.3) is 0 Å². The van der Waals surface area contributed by atoms with Crippen molar-refractivity contribution in [3.63, 3.8) is 0 Å². The topological polar surface area (TPSA) is 110 Å². The van der Waals surface area contributed by atoms with Crippen LogP contribution < -0.4 is 4.72 Å². The van der Waals surface area contributed by atoms with E-state index in [-0.39, 0.29) is 28.4 Å². The largest absolute Gasteiger partial charge is 0.277 e. The minimum absolute atomic E-state index is 0.0169. The Bertz CT molecular complexity index is 786. The molecule has 128 valence electrons. The summed E-state index contributed by atoms with van der Waals surface area (Å²) < 4.78 is 49.6. The molecule has 23 heavy (non-hydrogen) atoms. The van der Waals surface area contributed by atoms with E-state index in [2.05, 4.69) is 4.72 Å². The molecule has 8 nitrogen and oxygen atoms in total. The summed E-state index contributed by atoms with van der Waals surface area (Å²) in [6, 6.07) is 4.71. The highest BCUT2D eigenvalue weighted by molar-refractivity contribution is 7.92. The lowest BCUT2D eigenvalue weighted by Crippen LogP contribution is -2.35. The predicted molar refractivity (Wildman–Crippen MR) is 82.9 cm³/mol. The lowest BCUT2D eigenvalue weighted by Gasteiger charge is -2.14. The maximum absolute atomic E-state index is 12.2. The molecule has 0 aromatic heterocycles. The van der Waals surface area contributed by atoms with Gasteiger partial charge in [-0.3, -0.25) is 9.63 Å². The Morgan fingerprint density at radius 2 is 1.91 bits per heavy atom. The van der Waals surface area contributed by atoms with Crippen molar-refractivity contribution in [2.24, 2.45) is 0 Å². The Hall–Kier alpha value is -1.49. The van der Waals surface area contributed by atoms with E-state index >= 15 is 0 Å². The molecule has 2 rings (SSSR count). The van der Waals surface area contributed by atoms with E-state index in [1.54, 1.807) is 0 Å². The zero-order valence-corrected chi connectivity index (χ0v) is 14.4. The second-order valence-corrected chi connectivity index (χ2v) is 9.17. The molecule has 1 N–H and O–H groups in total. The number of nitrogens with zero attached hydrogens (tertiary/aromatic N) is 1. The standard InChI is InChI=1S/C13H18N2O6S2/c1-15(21-2)13(16)10-3-5-12(6-4-10)23(19,20)14-11-7-8-22(17,18)9-11/h3-6,11,14H,7-9H2,1-2H3. The van der Waals surface area contributed by atoms with Crippen LogP contribution in [-0.2, 0) is 24.7 Å². The quantitative estimate of drug-likeness (QED) is 0.726. The number of nitrogens with one attached hydrogen (secondary N) is 1. The molecule has 1 atom stereocenters. The summed E-state index contributed by atoms with van der Waals surface area (Å²) in [5.74, 6) is -0.621. The van der Waals surface area contributed by atoms with Gasteiger partial charge in [0.1, 0.15) is 0 Å². The van der Waals surface area contributed by atoms with Gasteiger partial charge in [0.15, 0.2) is 9.84 Å². The van der Waals surface area contributed by atoms with Crippen LogP contribution in [0.2, 0.25) is 0 Å². The van der Waals surface area contributed by atoms with Crippen LogP contribution in [-0.4, -0.2) is 59.5 Å². The van der Waals surface area contributed by atoms with Crippen molar-refractivity contribution in [3.8, 4) is 0 Å². The molecule has 1 fully saturated rings. The number of sulfone groups is 1. The van der Waals surface area contributed by atoms with Crippen molar-refractivity contribution in [1.29, 1.82) is 0 Å². The summed E-state index contributed by atoms with van der Waals surface area (Å²) in [6.07, 6.45) is 0.261. The molecule has 1 aliphatic rings. The molecule has 0 spiro atoms. The second-order valence-electron chi connectivity index (χ2n) is 5.23. The Kier molecular flexibility index (Phi) is 5.09. The van der Waals surface area contributed by atoms with Crippen molar-refractivity contribution < 1.29 is 26.5 Å². The zero-order chi connectivity index (χ0) is 17.3. The molecule has 1 saturated heterocycles. The Morgan fingerprint density at radius 1 is 1.30 bits per heavy atom. The second kappa shape index (κ2) is 6.56. The highest BCUT2D eigenvalue weighted by Crippen LogP contribution is 2.17. The molecule has 1 aromatic rings. The summed E-state index contributed by atoms with van der Waals surface area (Å²) in [5.41, 5.74) is 0.275. The molecule has 1 aromatic carbocycles. The number of carbonyl (C=O) groups excluding carboxylic acids is 1. The highest BCUT2D eigenvalue weighted by atomic mass is 32.2. The van der Waals surface area contributed by atoms with Crippen molar-refractivity contribution in [1.82, 2.24) is 9.79 Å². The molecule has 0 aliphatic carbocycles. The van der Waals surface area contributed by atoms with Gasteiger partial charge in [0, 0.05) is 18.7 Å². The number of benzene rings is 1. The van der Waals surface area contributed by atoms with Gasteiger partial charge < -0.3 is 0 Å². The first-order valence-corrected chi connectivity index (χ1v) is 10.1. The van der Waals surface area contributed by atoms with Gasteiger partial charge in [-0.1, -0.05) is 0 Å². The van der Waals surface area contributed by atoms with Crippen molar-refractivity contribution in [2.75, 3.05) is 25.7 Å². The molecule has 1 aliphatic heterocycles. The van der Waals surface area contributed by atoms with Crippen LogP contribution in [0.15, 0.2) is 29.2 Å². The van der Waals surface area contributed by atoms with E-state index in [9.17, 15) is 21.6 Å². The predicted octanol–water partition coefficient (Wildman–Crippen LogP) is -0.215. The molecular formula is C13H18N2O6S2. The number of amides is 1. The third kappa shape index (κ3) is 4.28. The number of sulfonamides is 1. The number of carbonyl (C=O) groups is 1. The van der Waals surface area contributed by atoms with Crippen molar-refractivity contribution in [2.45, 2.75) is 17.4 Å². The molecule has 1 amide bonds. The fraction of sp³-hybridized carbons (Fsp3) is 0.462. The van der Waals surface area contributed by atoms with Gasteiger partial charge in [-0.15, -0.1) is 0 Å². The summed E-state index contributed by atoms with van der Waals surface area (Å²) in [7, 11) is -4.22. The van der Waals surface area contributed by atoms with E-state index in [1.807, 2.05) is 0 Å². The zero-order valence-electron chi connectivity index (χ0n) is 12.7. The number of hydrogen-bond donors (Lipinski definition) is 1. The van der Waals surface area contributed by atoms with E-state index in [1.165, 1.54) is 38.4 Å². The average molecular weight is 362 g/mol. The van der Waals surface area contributed by atoms with Crippen LogP contribution in [0, 0.1) is 0 Å². The minimum atomic E-state index is -3.83. The third-order valence-corrected chi connectivity index (χ3v) is 6.83. The third-order valence-electron chi connectivity index (χ3n) is 3.53. The van der Waals surface area contributed by atoms with Crippen LogP contribution in [0.4, 0.5) is 0 Å². The van der Waals surface area contributed by atoms with Gasteiger partial charge in [-0.25, -0.2) is 26.6 Å². The molecular weight excluding hydrogens is 344 g/mol. The van der Waals surface area contributed by atoms with E-state index in [0.29, 0.717) is 0 Å². The van der Waals surface area contributed by atoms with Crippen LogP contribution >= 0.6 is 0 Å². The highest BCUT2D eigenvalue weighted by Gasteiger charge is 2.31. The normalized spacial score (nSPS) is 20.3. The van der Waals surface area contributed by atoms with Gasteiger partial charge in [0.25, 0.3) is 5.91 Å². The minimum Gasteiger partial charge on any atom is -0.274 e. The van der Waals surface area contributed by atoms with Crippen molar-refractivity contribution >= 4 is 25.8 Å². The molecule has 0 radical (unpaired) electrons. The fourth-order valence-corrected chi connectivity index (χ4v) is 5.27. The van der Waals surface area contributed by atoms with Gasteiger partial charge in [-0.2, -0.15) is 0 Å². The summed E-state index contributed by atoms with van der Waals surface area (Å²) >= 11 is 0. The SMILES string of the molecule is CON(C)C(=O)c1ccc(S(=O)(=O)NC2CCS(=O)(=O)C2)cc1. The molecule has 1 unspecified atom stereocenters. The van der Waals surface area contributed by atoms with E-state index < -0.39 is 31.8 Å². The van der Waals surface area contributed by atoms with Gasteiger partial charge in [0.2, 0.25) is 10.0 Å². The van der Waals surface area contributed by atoms with Crippen LogP contribution in [0.1, 0.15) is 16.8 Å². The average Bonchev–Trinajstić information content (AvgIpc) is 2.84. The Morgan fingerprint density at radius 3 is 2.39 bits per heavy atom. The van der Waals surface area contributed by atoms with Crippen molar-refractivity contribution in [3.05, 3.63) is 29.8 Å². The first kappa shape index (κ1) is 17.9. The first-order chi connectivity index (χ1) is 10.6. The van der Waals surface area contributed by atoms with Crippen LogP contribution in [0.3, 0.4) is 0 Å². The maximum atomic E-state index is 12.2.